The normalized spacial score (nSPS) is 20.1. The number of hydrogen-bond donors (Lipinski definition) is 0. The standard InChI is InChI=1S/C9H17ClNO3/c1-11(5-3-2-4-6-11)7-8-13-9(12)14-10/h2-8H2,1H3/q+1. The van der Waals surface area contributed by atoms with Gasteiger partial charge in [-0.25, -0.2) is 4.79 Å². The van der Waals surface area contributed by atoms with Crippen LogP contribution in [0.5, 0.6) is 0 Å². The zero-order valence-electron chi connectivity index (χ0n) is 8.50. The molecule has 5 heteroatoms. The highest BCUT2D eigenvalue weighted by Crippen LogP contribution is 2.15. The predicted molar refractivity (Wildman–Crippen MR) is 52.9 cm³/mol. The summed E-state index contributed by atoms with van der Waals surface area (Å²) in [5.74, 6) is 0. The summed E-state index contributed by atoms with van der Waals surface area (Å²) in [5.41, 5.74) is 0. The third-order valence-electron chi connectivity index (χ3n) is 2.81. The van der Waals surface area contributed by atoms with E-state index in [0.717, 1.165) is 11.0 Å². The molecule has 14 heavy (non-hydrogen) atoms. The Morgan fingerprint density at radius 1 is 1.36 bits per heavy atom. The van der Waals surface area contributed by atoms with Gasteiger partial charge in [0.1, 0.15) is 25.0 Å². The first-order chi connectivity index (χ1) is 6.66. The van der Waals surface area contributed by atoms with E-state index in [0.29, 0.717) is 6.61 Å². The molecule has 0 aromatic carbocycles. The average Bonchev–Trinajstić information content (AvgIpc) is 2.18. The second-order valence-electron chi connectivity index (χ2n) is 4.03. The van der Waals surface area contributed by atoms with E-state index < -0.39 is 6.16 Å². The smallest absolute Gasteiger partial charge is 0.427 e. The van der Waals surface area contributed by atoms with Crippen LogP contribution in [0.3, 0.4) is 0 Å². The van der Waals surface area contributed by atoms with Crippen LogP contribution in [0.15, 0.2) is 0 Å². The summed E-state index contributed by atoms with van der Waals surface area (Å²) in [4.78, 5) is 10.6. The number of quaternary nitrogens is 1. The fraction of sp³-hybridized carbons (Fsp3) is 0.889. The molecule has 1 rings (SSSR count). The second kappa shape index (κ2) is 5.41. The lowest BCUT2D eigenvalue weighted by molar-refractivity contribution is -0.914. The summed E-state index contributed by atoms with van der Waals surface area (Å²) < 4.78 is 9.61. The van der Waals surface area contributed by atoms with E-state index in [-0.39, 0.29) is 0 Å². The van der Waals surface area contributed by atoms with Gasteiger partial charge in [-0.2, -0.15) is 0 Å². The summed E-state index contributed by atoms with van der Waals surface area (Å²) >= 11 is 4.83. The van der Waals surface area contributed by atoms with E-state index in [1.807, 2.05) is 0 Å². The Kier molecular flexibility index (Phi) is 4.48. The predicted octanol–water partition coefficient (Wildman–Crippen LogP) is 1.92. The van der Waals surface area contributed by atoms with Crippen LogP contribution in [0.4, 0.5) is 4.79 Å². The Labute approximate surface area is 89.5 Å². The number of hydrogen-bond acceptors (Lipinski definition) is 3. The van der Waals surface area contributed by atoms with Crippen LogP contribution < -0.4 is 0 Å². The van der Waals surface area contributed by atoms with Crippen molar-refractivity contribution in [3.63, 3.8) is 0 Å². The average molecular weight is 223 g/mol. The molecule has 0 N–H and O–H groups in total. The van der Waals surface area contributed by atoms with Gasteiger partial charge in [0, 0.05) is 0 Å². The van der Waals surface area contributed by atoms with Gasteiger partial charge in [-0.05, 0) is 19.3 Å². The summed E-state index contributed by atoms with van der Waals surface area (Å²) in [6.07, 6.45) is 3.03. The molecule has 0 radical (unpaired) electrons. The highest BCUT2D eigenvalue weighted by molar-refractivity contribution is 6.12. The number of nitrogens with zero attached hydrogens (tertiary/aromatic N) is 1. The lowest BCUT2D eigenvalue weighted by Gasteiger charge is -2.37. The first-order valence-electron chi connectivity index (χ1n) is 4.95. The van der Waals surface area contributed by atoms with Crippen molar-refractivity contribution in [2.45, 2.75) is 19.3 Å². The molecule has 0 atom stereocenters. The van der Waals surface area contributed by atoms with Crippen LogP contribution in [0, 0.1) is 0 Å². The van der Waals surface area contributed by atoms with Crippen molar-refractivity contribution in [2.75, 3.05) is 33.3 Å². The van der Waals surface area contributed by atoms with Gasteiger partial charge in [-0.3, -0.25) is 0 Å². The molecule has 4 nitrogen and oxygen atoms in total. The number of ether oxygens (including phenoxy) is 1. The Balaban J connectivity index is 2.18. The molecule has 0 saturated carbocycles. The number of piperidine rings is 1. The maximum absolute atomic E-state index is 10.6. The molecule has 1 aliphatic rings. The van der Waals surface area contributed by atoms with Gasteiger partial charge in [-0.1, -0.05) is 0 Å². The molecule has 0 spiro atoms. The SMILES string of the molecule is C[N+]1(CCOC(=O)OCl)CCCCC1. The largest absolute Gasteiger partial charge is 0.527 e. The number of likely N-dealkylation sites (tertiary alicyclic amines) is 1. The summed E-state index contributed by atoms with van der Waals surface area (Å²) in [5, 5.41) is 0. The van der Waals surface area contributed by atoms with E-state index in [4.69, 9.17) is 16.6 Å². The second-order valence-corrected chi connectivity index (χ2v) is 4.18. The molecule has 1 aliphatic heterocycles. The van der Waals surface area contributed by atoms with Gasteiger partial charge in [0.25, 0.3) is 0 Å². The van der Waals surface area contributed by atoms with E-state index in [1.165, 1.54) is 32.4 Å². The molecule has 1 fully saturated rings. The van der Waals surface area contributed by atoms with Crippen LogP contribution in [-0.4, -0.2) is 43.9 Å². The number of carbonyl (C=O) groups is 1. The molecule has 1 heterocycles. The van der Waals surface area contributed by atoms with Gasteiger partial charge in [-0.15, -0.1) is 0 Å². The Hall–Kier alpha value is -0.480. The Morgan fingerprint density at radius 2 is 2.00 bits per heavy atom. The molecule has 1 saturated heterocycles. The van der Waals surface area contributed by atoms with Crippen molar-refractivity contribution in [3.05, 3.63) is 0 Å². The van der Waals surface area contributed by atoms with Crippen LogP contribution in [0.1, 0.15) is 19.3 Å². The van der Waals surface area contributed by atoms with Gasteiger partial charge in [0.2, 0.25) is 0 Å². The van der Waals surface area contributed by atoms with Gasteiger partial charge in [0.05, 0.1) is 20.1 Å². The first kappa shape index (κ1) is 11.6. The molecule has 0 unspecified atom stereocenters. The first-order valence-corrected chi connectivity index (χ1v) is 5.26. The maximum atomic E-state index is 10.6. The fourth-order valence-corrected chi connectivity index (χ4v) is 1.92. The van der Waals surface area contributed by atoms with Gasteiger partial charge < -0.3 is 13.5 Å². The van der Waals surface area contributed by atoms with Crippen molar-refractivity contribution in [3.8, 4) is 0 Å². The van der Waals surface area contributed by atoms with Crippen LogP contribution in [0.2, 0.25) is 0 Å². The number of carbonyl (C=O) groups excluding carboxylic acids is 1. The Morgan fingerprint density at radius 3 is 2.57 bits per heavy atom. The summed E-state index contributed by atoms with van der Waals surface area (Å²) in [7, 11) is 2.19. The third-order valence-corrected chi connectivity index (χ3v) is 2.94. The molecule has 0 aliphatic carbocycles. The van der Waals surface area contributed by atoms with E-state index in [1.54, 1.807) is 0 Å². The number of rotatable bonds is 3. The number of halogens is 1. The maximum Gasteiger partial charge on any atom is 0.527 e. The van der Waals surface area contributed by atoms with Gasteiger partial charge in [0.15, 0.2) is 0 Å². The quantitative estimate of drug-likeness (QED) is 0.541. The molecular weight excluding hydrogens is 206 g/mol. The minimum absolute atomic E-state index is 0.377. The monoisotopic (exact) mass is 222 g/mol. The van der Waals surface area contributed by atoms with E-state index in [2.05, 4.69) is 11.3 Å². The fourth-order valence-electron chi connectivity index (χ4n) is 1.87. The van der Waals surface area contributed by atoms with Crippen LogP contribution in [-0.2, 0) is 9.03 Å². The minimum Gasteiger partial charge on any atom is -0.427 e. The van der Waals surface area contributed by atoms with Crippen molar-refractivity contribution in [2.24, 2.45) is 0 Å². The highest BCUT2D eigenvalue weighted by Gasteiger charge is 2.24. The molecule has 0 aromatic heterocycles. The lowest BCUT2D eigenvalue weighted by Crippen LogP contribution is -2.49. The van der Waals surface area contributed by atoms with E-state index >= 15 is 0 Å². The van der Waals surface area contributed by atoms with Crippen LogP contribution >= 0.6 is 11.9 Å². The minimum atomic E-state index is -0.810. The van der Waals surface area contributed by atoms with Crippen molar-refractivity contribution in [1.29, 1.82) is 0 Å². The zero-order chi connectivity index (χ0) is 10.4. The summed E-state index contributed by atoms with van der Waals surface area (Å²) in [6.45, 7) is 3.55. The van der Waals surface area contributed by atoms with Crippen LogP contribution in [0.25, 0.3) is 0 Å². The highest BCUT2D eigenvalue weighted by atomic mass is 35.5. The molecular formula is C9H17ClNO3+. The van der Waals surface area contributed by atoms with Crippen molar-refractivity contribution in [1.82, 2.24) is 0 Å². The lowest BCUT2D eigenvalue weighted by atomic mass is 10.1. The molecule has 82 valence electrons. The summed E-state index contributed by atoms with van der Waals surface area (Å²) in [6, 6.07) is 0. The van der Waals surface area contributed by atoms with E-state index in [9.17, 15) is 4.79 Å². The molecule has 0 bridgehead atoms. The molecule has 0 aromatic rings. The van der Waals surface area contributed by atoms with Crippen molar-refractivity contribution < 1.29 is 18.3 Å². The Bertz CT molecular complexity index is 192. The van der Waals surface area contributed by atoms with Gasteiger partial charge >= 0.3 is 6.16 Å². The topological polar surface area (TPSA) is 35.5 Å². The van der Waals surface area contributed by atoms with Crippen molar-refractivity contribution >= 4 is 18.0 Å². The number of likely N-dealkylation sites (N-methyl/N-ethyl adjacent to an activating group) is 1. The third kappa shape index (κ3) is 3.72. The zero-order valence-corrected chi connectivity index (χ0v) is 9.26. The molecule has 0 amide bonds.